The third kappa shape index (κ3) is 3.52. The fourth-order valence-corrected chi connectivity index (χ4v) is 3.94. The first-order valence-electron chi connectivity index (χ1n) is 7.57. The highest BCUT2D eigenvalue weighted by Gasteiger charge is 2.16. The summed E-state index contributed by atoms with van der Waals surface area (Å²) >= 11 is 2.95. The Morgan fingerprint density at radius 2 is 1.92 bits per heavy atom. The van der Waals surface area contributed by atoms with E-state index in [1.807, 2.05) is 42.8 Å². The molecule has 0 radical (unpaired) electrons. The van der Waals surface area contributed by atoms with Gasteiger partial charge in [0.05, 0.1) is 25.5 Å². The molecule has 1 N–H and O–H groups in total. The molecule has 0 aliphatic heterocycles. The predicted octanol–water partition coefficient (Wildman–Crippen LogP) is 4.76. The van der Waals surface area contributed by atoms with Gasteiger partial charge in [-0.05, 0) is 37.6 Å². The number of methoxy groups -OCH3 is 2. The van der Waals surface area contributed by atoms with Crippen molar-refractivity contribution >= 4 is 33.7 Å². The van der Waals surface area contributed by atoms with E-state index in [-0.39, 0.29) is 5.91 Å². The largest absolute Gasteiger partial charge is 0.497 e. The fourth-order valence-electron chi connectivity index (χ4n) is 2.37. The van der Waals surface area contributed by atoms with Crippen LogP contribution in [0.15, 0.2) is 29.0 Å². The zero-order valence-corrected chi connectivity index (χ0v) is 16.0. The molecule has 1 aromatic carbocycles. The van der Waals surface area contributed by atoms with Gasteiger partial charge < -0.3 is 9.47 Å². The number of amides is 1. The molecule has 3 aromatic rings. The first-order valence-corrected chi connectivity index (χ1v) is 9.33. The van der Waals surface area contributed by atoms with Gasteiger partial charge in [-0.15, -0.1) is 22.7 Å². The molecule has 0 saturated heterocycles. The lowest BCUT2D eigenvalue weighted by Gasteiger charge is -2.08. The van der Waals surface area contributed by atoms with E-state index < -0.39 is 0 Å². The molecule has 3 rings (SSSR count). The maximum atomic E-state index is 12.4. The summed E-state index contributed by atoms with van der Waals surface area (Å²) < 4.78 is 10.7. The molecule has 0 fully saturated rings. The Labute approximate surface area is 154 Å². The molecular formula is C18H18N2O3S2. The molecule has 2 heterocycles. The Morgan fingerprint density at radius 3 is 2.56 bits per heavy atom. The van der Waals surface area contributed by atoms with E-state index in [1.54, 1.807) is 25.6 Å². The molecule has 7 heteroatoms. The summed E-state index contributed by atoms with van der Waals surface area (Å²) in [5.74, 6) is 1.28. The minimum Gasteiger partial charge on any atom is -0.497 e. The van der Waals surface area contributed by atoms with E-state index >= 15 is 0 Å². The van der Waals surface area contributed by atoms with E-state index in [9.17, 15) is 4.79 Å². The minimum atomic E-state index is -0.139. The number of nitrogens with one attached hydrogen (secondary N) is 1. The highest BCUT2D eigenvalue weighted by atomic mass is 32.1. The van der Waals surface area contributed by atoms with Crippen molar-refractivity contribution in [2.75, 3.05) is 19.5 Å². The van der Waals surface area contributed by atoms with Gasteiger partial charge in [-0.3, -0.25) is 10.1 Å². The molecule has 0 unspecified atom stereocenters. The molecular weight excluding hydrogens is 356 g/mol. The number of thiophene rings is 1. The third-order valence-electron chi connectivity index (χ3n) is 3.94. The number of aryl methyl sites for hydroxylation is 1. The summed E-state index contributed by atoms with van der Waals surface area (Å²) in [4.78, 5) is 18.1. The van der Waals surface area contributed by atoms with Crippen molar-refractivity contribution in [3.63, 3.8) is 0 Å². The Balaban J connectivity index is 1.86. The second-order valence-electron chi connectivity index (χ2n) is 5.39. The minimum absolute atomic E-state index is 0.139. The van der Waals surface area contributed by atoms with Gasteiger partial charge in [0.2, 0.25) is 0 Å². The van der Waals surface area contributed by atoms with E-state index in [2.05, 4.69) is 10.3 Å². The highest BCUT2D eigenvalue weighted by molar-refractivity contribution is 7.14. The summed E-state index contributed by atoms with van der Waals surface area (Å²) in [5, 5.41) is 7.18. The van der Waals surface area contributed by atoms with Crippen LogP contribution in [-0.4, -0.2) is 25.1 Å². The van der Waals surface area contributed by atoms with Crippen LogP contribution >= 0.6 is 22.7 Å². The number of hydrogen-bond donors (Lipinski definition) is 1. The van der Waals surface area contributed by atoms with Crippen LogP contribution in [0.1, 0.15) is 20.8 Å². The molecule has 130 valence electrons. The SMILES string of the molecule is COc1ccc(OC)c(-c2csc(NC(=O)c3csc(C)c3C)n2)c1. The average Bonchev–Trinajstić information content (AvgIpc) is 3.21. The number of carbonyl (C=O) groups excluding carboxylic acids is 1. The lowest BCUT2D eigenvalue weighted by Crippen LogP contribution is -2.12. The molecule has 0 aliphatic rings. The number of thiazole rings is 1. The zero-order valence-electron chi connectivity index (χ0n) is 14.4. The van der Waals surface area contributed by atoms with Gasteiger partial charge in [0.25, 0.3) is 5.91 Å². The standard InChI is InChI=1S/C18H18N2O3S2/c1-10-11(2)24-8-14(10)17(21)20-18-19-15(9-25-18)13-7-12(22-3)5-6-16(13)23-4/h5-9H,1-4H3,(H,19,20,21). The van der Waals surface area contributed by atoms with E-state index in [4.69, 9.17) is 9.47 Å². The highest BCUT2D eigenvalue weighted by Crippen LogP contribution is 2.35. The van der Waals surface area contributed by atoms with Crippen LogP contribution in [0.5, 0.6) is 11.5 Å². The average molecular weight is 374 g/mol. The van der Waals surface area contributed by atoms with Crippen molar-refractivity contribution in [2.45, 2.75) is 13.8 Å². The normalized spacial score (nSPS) is 10.6. The number of nitrogens with zero attached hydrogens (tertiary/aromatic N) is 1. The van der Waals surface area contributed by atoms with Crippen molar-refractivity contribution < 1.29 is 14.3 Å². The Morgan fingerprint density at radius 1 is 1.12 bits per heavy atom. The summed E-state index contributed by atoms with van der Waals surface area (Å²) in [6.45, 7) is 3.96. The molecule has 0 atom stereocenters. The number of benzene rings is 1. The van der Waals surface area contributed by atoms with E-state index in [0.29, 0.717) is 16.4 Å². The van der Waals surface area contributed by atoms with Crippen LogP contribution in [0.2, 0.25) is 0 Å². The lowest BCUT2D eigenvalue weighted by molar-refractivity contribution is 0.102. The van der Waals surface area contributed by atoms with Crippen LogP contribution in [0.4, 0.5) is 5.13 Å². The molecule has 2 aromatic heterocycles. The first-order chi connectivity index (χ1) is 12.0. The molecule has 0 spiro atoms. The third-order valence-corrected chi connectivity index (χ3v) is 5.71. The fraction of sp³-hybridized carbons (Fsp3) is 0.222. The van der Waals surface area contributed by atoms with Crippen molar-refractivity contribution in [1.29, 1.82) is 0 Å². The zero-order chi connectivity index (χ0) is 18.0. The molecule has 1 amide bonds. The van der Waals surface area contributed by atoms with Gasteiger partial charge in [-0.1, -0.05) is 0 Å². The Kier molecular flexibility index (Phi) is 5.06. The van der Waals surface area contributed by atoms with Gasteiger partial charge in [-0.2, -0.15) is 0 Å². The van der Waals surface area contributed by atoms with Crippen molar-refractivity contribution in [3.8, 4) is 22.8 Å². The number of carbonyl (C=O) groups is 1. The second kappa shape index (κ2) is 7.25. The summed E-state index contributed by atoms with van der Waals surface area (Å²) in [5.41, 5.74) is 3.25. The summed E-state index contributed by atoms with van der Waals surface area (Å²) in [7, 11) is 3.23. The summed E-state index contributed by atoms with van der Waals surface area (Å²) in [6, 6.07) is 5.54. The van der Waals surface area contributed by atoms with Crippen LogP contribution in [0.3, 0.4) is 0 Å². The second-order valence-corrected chi connectivity index (χ2v) is 7.33. The van der Waals surface area contributed by atoms with Gasteiger partial charge in [0.15, 0.2) is 5.13 Å². The molecule has 0 bridgehead atoms. The van der Waals surface area contributed by atoms with Gasteiger partial charge in [0, 0.05) is 21.2 Å². The van der Waals surface area contributed by atoms with Crippen LogP contribution in [0, 0.1) is 13.8 Å². The van der Waals surface area contributed by atoms with Crippen molar-refractivity contribution in [2.24, 2.45) is 0 Å². The maximum absolute atomic E-state index is 12.4. The topological polar surface area (TPSA) is 60.5 Å². The van der Waals surface area contributed by atoms with Crippen molar-refractivity contribution in [1.82, 2.24) is 4.98 Å². The smallest absolute Gasteiger partial charge is 0.258 e. The number of hydrogen-bond acceptors (Lipinski definition) is 6. The number of rotatable bonds is 5. The van der Waals surface area contributed by atoms with E-state index in [1.165, 1.54) is 11.3 Å². The van der Waals surface area contributed by atoms with E-state index in [0.717, 1.165) is 27.4 Å². The molecule has 5 nitrogen and oxygen atoms in total. The molecule has 0 aliphatic carbocycles. The number of anilines is 1. The first kappa shape index (κ1) is 17.4. The Bertz CT molecular complexity index is 915. The summed E-state index contributed by atoms with van der Waals surface area (Å²) in [6.07, 6.45) is 0. The number of aromatic nitrogens is 1. The predicted molar refractivity (Wildman–Crippen MR) is 102 cm³/mol. The van der Waals surface area contributed by atoms with Crippen LogP contribution in [0.25, 0.3) is 11.3 Å². The molecule has 0 saturated carbocycles. The number of ether oxygens (including phenoxy) is 2. The Hall–Kier alpha value is -2.38. The van der Waals surface area contributed by atoms with Gasteiger partial charge in [-0.25, -0.2) is 4.98 Å². The van der Waals surface area contributed by atoms with Crippen molar-refractivity contribution in [3.05, 3.63) is 45.0 Å². The van der Waals surface area contributed by atoms with Crippen LogP contribution in [-0.2, 0) is 0 Å². The quantitative estimate of drug-likeness (QED) is 0.699. The monoisotopic (exact) mass is 374 g/mol. The van der Waals surface area contributed by atoms with Gasteiger partial charge >= 0.3 is 0 Å². The lowest BCUT2D eigenvalue weighted by atomic mass is 10.1. The van der Waals surface area contributed by atoms with Crippen LogP contribution < -0.4 is 14.8 Å². The maximum Gasteiger partial charge on any atom is 0.258 e. The molecule has 25 heavy (non-hydrogen) atoms. The van der Waals surface area contributed by atoms with Gasteiger partial charge in [0.1, 0.15) is 11.5 Å².